The molecule has 20 heavy (non-hydrogen) atoms. The molecule has 5 nitrogen and oxygen atoms in total. The van der Waals surface area contributed by atoms with Crippen molar-refractivity contribution < 1.29 is 27.9 Å². The van der Waals surface area contributed by atoms with Crippen LogP contribution >= 0.6 is 11.8 Å². The lowest BCUT2D eigenvalue weighted by atomic mass is 10.2. The van der Waals surface area contributed by atoms with Gasteiger partial charge in [0.05, 0.1) is 0 Å². The largest absolute Gasteiger partial charge is 0.480 e. The van der Waals surface area contributed by atoms with Crippen molar-refractivity contribution in [2.45, 2.75) is 37.5 Å². The summed E-state index contributed by atoms with van der Waals surface area (Å²) in [7, 11) is 0. The highest BCUT2D eigenvalue weighted by molar-refractivity contribution is 7.98. The minimum Gasteiger partial charge on any atom is -0.480 e. The fourth-order valence-electron chi connectivity index (χ4n) is 1.67. The second kappa shape index (κ2) is 7.05. The van der Waals surface area contributed by atoms with Gasteiger partial charge in [0, 0.05) is 6.04 Å². The number of hydrogen-bond acceptors (Lipinski definition) is 3. The Kier molecular flexibility index (Phi) is 5.97. The third kappa shape index (κ3) is 5.89. The molecular weight excluding hydrogens is 297 g/mol. The van der Waals surface area contributed by atoms with Crippen molar-refractivity contribution in [2.24, 2.45) is 0 Å². The molecule has 1 fully saturated rings. The first-order valence-corrected chi connectivity index (χ1v) is 7.49. The van der Waals surface area contributed by atoms with Gasteiger partial charge < -0.3 is 15.3 Å². The predicted octanol–water partition coefficient (Wildman–Crippen LogP) is 1.93. The van der Waals surface area contributed by atoms with Gasteiger partial charge in [-0.1, -0.05) is 0 Å². The van der Waals surface area contributed by atoms with Gasteiger partial charge in [-0.2, -0.15) is 24.9 Å². The number of carboxylic acid groups (broad SMARTS) is 1. The molecule has 0 aromatic carbocycles. The zero-order valence-corrected chi connectivity index (χ0v) is 11.8. The summed E-state index contributed by atoms with van der Waals surface area (Å²) in [6.07, 6.45) is -1.50. The average Bonchev–Trinajstić information content (AvgIpc) is 3.13. The number of halogens is 3. The van der Waals surface area contributed by atoms with E-state index in [1.54, 1.807) is 6.26 Å². The van der Waals surface area contributed by atoms with Crippen LogP contribution in [0.25, 0.3) is 0 Å². The molecule has 2 N–H and O–H groups in total. The van der Waals surface area contributed by atoms with Crippen molar-refractivity contribution >= 4 is 23.8 Å². The number of nitrogens with zero attached hydrogens (tertiary/aromatic N) is 1. The summed E-state index contributed by atoms with van der Waals surface area (Å²) in [6, 6.07) is -2.56. The van der Waals surface area contributed by atoms with Crippen LogP contribution in [0.1, 0.15) is 19.3 Å². The summed E-state index contributed by atoms with van der Waals surface area (Å²) in [5.41, 5.74) is 0. The molecule has 0 aromatic heterocycles. The molecule has 0 spiro atoms. The first-order chi connectivity index (χ1) is 9.24. The first kappa shape index (κ1) is 16.9. The standard InChI is InChI=1S/C11H17F3N2O3S/c1-20-5-4-8(9(17)18)15-10(19)16(7-2-3-7)6-11(12,13)14/h7-8H,2-6H2,1H3,(H,15,19)(H,17,18)/t8-/m0/s1. The number of thioether (sulfide) groups is 1. The van der Waals surface area contributed by atoms with Crippen LogP contribution < -0.4 is 5.32 Å². The molecule has 0 bridgehead atoms. The fourth-order valence-corrected chi connectivity index (χ4v) is 2.14. The molecule has 0 saturated heterocycles. The van der Waals surface area contributed by atoms with Gasteiger partial charge in [-0.3, -0.25) is 0 Å². The molecule has 1 saturated carbocycles. The number of hydrogen-bond donors (Lipinski definition) is 2. The minimum absolute atomic E-state index is 0.173. The molecule has 116 valence electrons. The Balaban J connectivity index is 2.61. The molecule has 1 atom stereocenters. The molecule has 0 aliphatic heterocycles. The van der Waals surface area contributed by atoms with Gasteiger partial charge in [-0.05, 0) is 31.3 Å². The Hall–Kier alpha value is -1.12. The lowest BCUT2D eigenvalue weighted by Gasteiger charge is -2.26. The van der Waals surface area contributed by atoms with Crippen LogP contribution in [0.5, 0.6) is 0 Å². The monoisotopic (exact) mass is 314 g/mol. The summed E-state index contributed by atoms with van der Waals surface area (Å²) in [4.78, 5) is 23.5. The molecule has 1 aliphatic carbocycles. The van der Waals surface area contributed by atoms with E-state index in [2.05, 4.69) is 5.32 Å². The Morgan fingerprint density at radius 2 is 2.05 bits per heavy atom. The van der Waals surface area contributed by atoms with E-state index in [0.29, 0.717) is 23.5 Å². The zero-order valence-electron chi connectivity index (χ0n) is 10.9. The van der Waals surface area contributed by atoms with Crippen molar-refractivity contribution in [1.82, 2.24) is 10.2 Å². The van der Waals surface area contributed by atoms with E-state index in [9.17, 15) is 22.8 Å². The Bertz CT molecular complexity index is 361. The van der Waals surface area contributed by atoms with E-state index in [0.717, 1.165) is 0 Å². The highest BCUT2D eigenvalue weighted by Crippen LogP contribution is 2.30. The summed E-state index contributed by atoms with van der Waals surface area (Å²) >= 11 is 1.40. The van der Waals surface area contributed by atoms with Gasteiger partial charge in [0.2, 0.25) is 0 Å². The van der Waals surface area contributed by atoms with Crippen LogP contribution in [0.3, 0.4) is 0 Å². The number of aliphatic carboxylic acids is 1. The van der Waals surface area contributed by atoms with Crippen LogP contribution in [0.15, 0.2) is 0 Å². The van der Waals surface area contributed by atoms with E-state index < -0.39 is 36.8 Å². The minimum atomic E-state index is -4.49. The molecule has 9 heteroatoms. The van der Waals surface area contributed by atoms with Gasteiger partial charge in [0.25, 0.3) is 0 Å². The number of alkyl halides is 3. The SMILES string of the molecule is CSCC[C@H](NC(=O)N(CC(F)(F)F)C1CC1)C(=O)O. The predicted molar refractivity (Wildman–Crippen MR) is 68.7 cm³/mol. The van der Waals surface area contributed by atoms with E-state index in [4.69, 9.17) is 5.11 Å². The third-order valence-electron chi connectivity index (χ3n) is 2.80. The molecule has 2 amide bonds. The van der Waals surface area contributed by atoms with E-state index in [1.807, 2.05) is 0 Å². The van der Waals surface area contributed by atoms with E-state index in [1.165, 1.54) is 11.8 Å². The van der Waals surface area contributed by atoms with Crippen LogP contribution in [0.4, 0.5) is 18.0 Å². The fraction of sp³-hybridized carbons (Fsp3) is 0.818. The first-order valence-electron chi connectivity index (χ1n) is 6.10. The van der Waals surface area contributed by atoms with E-state index >= 15 is 0 Å². The third-order valence-corrected chi connectivity index (χ3v) is 3.45. The maximum absolute atomic E-state index is 12.4. The molecular formula is C11H17F3N2O3S. The number of amides is 2. The van der Waals surface area contributed by atoms with Crippen molar-refractivity contribution in [2.75, 3.05) is 18.6 Å². The Labute approximate surface area is 118 Å². The maximum Gasteiger partial charge on any atom is 0.406 e. The van der Waals surface area contributed by atoms with Crippen molar-refractivity contribution in [3.63, 3.8) is 0 Å². The molecule has 0 aromatic rings. The van der Waals surface area contributed by atoms with Crippen LogP contribution in [0.2, 0.25) is 0 Å². The van der Waals surface area contributed by atoms with Crippen LogP contribution in [-0.2, 0) is 4.79 Å². The quantitative estimate of drug-likeness (QED) is 0.753. The number of nitrogens with one attached hydrogen (secondary N) is 1. The second-order valence-electron chi connectivity index (χ2n) is 4.60. The lowest BCUT2D eigenvalue weighted by Crippen LogP contribution is -2.51. The number of carbonyl (C=O) groups is 2. The Morgan fingerprint density at radius 1 is 1.45 bits per heavy atom. The van der Waals surface area contributed by atoms with Gasteiger partial charge >= 0.3 is 18.2 Å². The topological polar surface area (TPSA) is 69.6 Å². The van der Waals surface area contributed by atoms with Crippen molar-refractivity contribution in [1.29, 1.82) is 0 Å². The van der Waals surface area contributed by atoms with E-state index in [-0.39, 0.29) is 6.42 Å². The maximum atomic E-state index is 12.4. The van der Waals surface area contributed by atoms with Crippen molar-refractivity contribution in [3.05, 3.63) is 0 Å². The van der Waals surface area contributed by atoms with Crippen LogP contribution in [-0.4, -0.2) is 58.8 Å². The number of carboxylic acids is 1. The Morgan fingerprint density at radius 3 is 2.45 bits per heavy atom. The van der Waals surface area contributed by atoms with Gasteiger partial charge in [-0.15, -0.1) is 0 Å². The molecule has 1 aliphatic rings. The van der Waals surface area contributed by atoms with Gasteiger partial charge in [0.1, 0.15) is 12.6 Å². The second-order valence-corrected chi connectivity index (χ2v) is 5.58. The summed E-state index contributed by atoms with van der Waals surface area (Å²) in [5.74, 6) is -0.741. The van der Waals surface area contributed by atoms with Gasteiger partial charge in [0.15, 0.2) is 0 Å². The number of rotatable bonds is 7. The molecule has 0 radical (unpaired) electrons. The highest BCUT2D eigenvalue weighted by Gasteiger charge is 2.41. The number of carbonyl (C=O) groups excluding carboxylic acids is 1. The lowest BCUT2D eigenvalue weighted by molar-refractivity contribution is -0.141. The zero-order chi connectivity index (χ0) is 15.3. The van der Waals surface area contributed by atoms with Gasteiger partial charge in [-0.25, -0.2) is 9.59 Å². The van der Waals surface area contributed by atoms with Crippen molar-refractivity contribution in [3.8, 4) is 0 Å². The summed E-state index contributed by atoms with van der Waals surface area (Å²) < 4.78 is 37.2. The van der Waals surface area contributed by atoms with Crippen LogP contribution in [0, 0.1) is 0 Å². The smallest absolute Gasteiger partial charge is 0.406 e. The normalized spacial score (nSPS) is 16.6. The average molecular weight is 314 g/mol. The number of urea groups is 1. The summed E-state index contributed by atoms with van der Waals surface area (Å²) in [5, 5.41) is 11.1. The molecule has 1 rings (SSSR count). The molecule has 0 heterocycles. The summed E-state index contributed by atoms with van der Waals surface area (Å²) in [6.45, 7) is -1.35. The molecule has 0 unspecified atom stereocenters. The highest BCUT2D eigenvalue weighted by atomic mass is 32.2.